The van der Waals surface area contributed by atoms with E-state index in [1.54, 1.807) is 14.2 Å². The van der Waals surface area contributed by atoms with Crippen LogP contribution in [0, 0.1) is 5.92 Å². The molecule has 0 bridgehead atoms. The van der Waals surface area contributed by atoms with Crippen molar-refractivity contribution in [2.45, 2.75) is 38.6 Å². The highest BCUT2D eigenvalue weighted by atomic mass is 16.7. The number of hydrogen-bond donors (Lipinski definition) is 1. The lowest BCUT2D eigenvalue weighted by Crippen LogP contribution is -2.27. The Labute approximate surface area is 163 Å². The summed E-state index contributed by atoms with van der Waals surface area (Å²) in [5.74, 6) is 0.166. The fraction of sp³-hybridized carbons (Fsp3) is 0.545. The molecule has 0 heterocycles. The number of aliphatic hydroxyl groups excluding tert-OH is 1. The highest BCUT2D eigenvalue weighted by Gasteiger charge is 2.16. The van der Waals surface area contributed by atoms with Gasteiger partial charge in [-0.1, -0.05) is 61.6 Å². The number of aliphatic hydroxyl groups is 1. The third kappa shape index (κ3) is 11.1. The van der Waals surface area contributed by atoms with Gasteiger partial charge in [-0.3, -0.25) is 0 Å². The summed E-state index contributed by atoms with van der Waals surface area (Å²) in [6, 6.07) is 10.1. The minimum Gasteiger partial charge on any atom is -0.396 e. The van der Waals surface area contributed by atoms with Crippen molar-refractivity contribution in [1.29, 1.82) is 0 Å². The monoisotopic (exact) mass is 378 g/mol. The van der Waals surface area contributed by atoms with Crippen molar-refractivity contribution >= 4 is 0 Å². The minimum atomic E-state index is -0.0917. The van der Waals surface area contributed by atoms with E-state index in [9.17, 15) is 0 Å². The first kappa shape index (κ1) is 23.5. The molecule has 152 valence electrons. The number of methoxy groups -OCH3 is 2. The van der Waals surface area contributed by atoms with E-state index in [0.717, 1.165) is 18.4 Å². The van der Waals surface area contributed by atoms with Crippen LogP contribution in [0.5, 0.6) is 0 Å². The number of rotatable bonds is 15. The summed E-state index contributed by atoms with van der Waals surface area (Å²) in [5, 5.41) is 8.90. The van der Waals surface area contributed by atoms with Gasteiger partial charge in [0.05, 0.1) is 25.4 Å². The maximum Gasteiger partial charge on any atom is 0.146 e. The Morgan fingerprint density at radius 1 is 1.07 bits per heavy atom. The van der Waals surface area contributed by atoms with E-state index in [-0.39, 0.29) is 31.5 Å². The Kier molecular flexibility index (Phi) is 13.6. The molecule has 0 aliphatic rings. The molecule has 0 unspecified atom stereocenters. The van der Waals surface area contributed by atoms with Crippen LogP contribution in [0.2, 0.25) is 0 Å². The number of benzene rings is 1. The quantitative estimate of drug-likeness (QED) is 0.372. The number of hydrogen-bond acceptors (Lipinski definition) is 5. The SMILES string of the molecule is COCO[C@H](COCc1ccccc1)[C@@H](C)/C=C/C=C/[C@H](CCCO)OC. The Morgan fingerprint density at radius 2 is 1.81 bits per heavy atom. The molecular formula is C22H34O5. The summed E-state index contributed by atoms with van der Waals surface area (Å²) in [6.45, 7) is 3.56. The molecule has 0 saturated heterocycles. The van der Waals surface area contributed by atoms with E-state index in [1.807, 2.05) is 48.6 Å². The fourth-order valence-corrected chi connectivity index (χ4v) is 2.51. The molecule has 1 rings (SSSR count). The summed E-state index contributed by atoms with van der Waals surface area (Å²) < 4.78 is 22.0. The Hall–Kier alpha value is -1.50. The predicted molar refractivity (Wildman–Crippen MR) is 107 cm³/mol. The Morgan fingerprint density at radius 3 is 2.48 bits per heavy atom. The lowest BCUT2D eigenvalue weighted by molar-refractivity contribution is -0.110. The van der Waals surface area contributed by atoms with Crippen molar-refractivity contribution in [1.82, 2.24) is 0 Å². The van der Waals surface area contributed by atoms with Gasteiger partial charge in [-0.25, -0.2) is 0 Å². The van der Waals surface area contributed by atoms with Gasteiger partial charge in [0.2, 0.25) is 0 Å². The minimum absolute atomic E-state index is 0.0202. The maximum absolute atomic E-state index is 8.90. The van der Waals surface area contributed by atoms with Gasteiger partial charge in [-0.05, 0) is 18.4 Å². The van der Waals surface area contributed by atoms with E-state index < -0.39 is 0 Å². The summed E-state index contributed by atoms with van der Waals surface area (Å²) in [4.78, 5) is 0. The zero-order valence-electron chi connectivity index (χ0n) is 16.8. The van der Waals surface area contributed by atoms with Crippen LogP contribution in [0.25, 0.3) is 0 Å². The molecule has 0 radical (unpaired) electrons. The summed E-state index contributed by atoms with van der Waals surface area (Å²) in [5.41, 5.74) is 1.14. The van der Waals surface area contributed by atoms with Gasteiger partial charge < -0.3 is 24.1 Å². The van der Waals surface area contributed by atoms with E-state index in [4.69, 9.17) is 24.1 Å². The lowest BCUT2D eigenvalue weighted by Gasteiger charge is -2.21. The summed E-state index contributed by atoms with van der Waals surface area (Å²) in [7, 11) is 3.29. The van der Waals surface area contributed by atoms with Crippen molar-refractivity contribution in [2.24, 2.45) is 5.92 Å². The lowest BCUT2D eigenvalue weighted by atomic mass is 10.0. The zero-order chi connectivity index (χ0) is 19.7. The third-order valence-corrected chi connectivity index (χ3v) is 4.18. The van der Waals surface area contributed by atoms with Crippen LogP contribution in [0.4, 0.5) is 0 Å². The predicted octanol–water partition coefficient (Wildman–Crippen LogP) is 3.73. The smallest absolute Gasteiger partial charge is 0.146 e. The first-order valence-electron chi connectivity index (χ1n) is 9.42. The fourth-order valence-electron chi connectivity index (χ4n) is 2.51. The van der Waals surface area contributed by atoms with E-state index in [1.165, 1.54) is 0 Å². The Balaban J connectivity index is 2.48. The number of ether oxygens (including phenoxy) is 4. The van der Waals surface area contributed by atoms with Crippen molar-refractivity contribution in [3.63, 3.8) is 0 Å². The second-order valence-electron chi connectivity index (χ2n) is 6.38. The van der Waals surface area contributed by atoms with Gasteiger partial charge in [0.25, 0.3) is 0 Å². The number of allylic oxidation sites excluding steroid dienone is 2. The molecule has 0 fully saturated rings. The largest absolute Gasteiger partial charge is 0.396 e. The highest BCUT2D eigenvalue weighted by molar-refractivity contribution is 5.13. The molecule has 0 aliphatic heterocycles. The van der Waals surface area contributed by atoms with Crippen LogP contribution >= 0.6 is 0 Å². The van der Waals surface area contributed by atoms with Crippen LogP contribution in [0.1, 0.15) is 25.3 Å². The van der Waals surface area contributed by atoms with Crippen LogP contribution in [0.3, 0.4) is 0 Å². The molecule has 1 N–H and O–H groups in total. The topological polar surface area (TPSA) is 57.2 Å². The first-order chi connectivity index (χ1) is 13.2. The molecule has 5 heteroatoms. The van der Waals surface area contributed by atoms with Gasteiger partial charge in [0.1, 0.15) is 6.79 Å². The summed E-state index contributed by atoms with van der Waals surface area (Å²) in [6.07, 6.45) is 9.51. The zero-order valence-corrected chi connectivity index (χ0v) is 16.8. The van der Waals surface area contributed by atoms with Crippen LogP contribution in [-0.4, -0.2) is 51.5 Å². The molecule has 0 amide bonds. The van der Waals surface area contributed by atoms with Gasteiger partial charge >= 0.3 is 0 Å². The average molecular weight is 379 g/mol. The molecular weight excluding hydrogens is 344 g/mol. The average Bonchev–Trinajstić information content (AvgIpc) is 2.70. The van der Waals surface area contributed by atoms with Crippen molar-refractivity contribution in [2.75, 3.05) is 34.2 Å². The Bertz CT molecular complexity index is 515. The van der Waals surface area contributed by atoms with Crippen LogP contribution in [0.15, 0.2) is 54.6 Å². The van der Waals surface area contributed by atoms with Gasteiger partial charge in [0, 0.05) is 26.7 Å². The van der Waals surface area contributed by atoms with Gasteiger partial charge in [-0.2, -0.15) is 0 Å². The second-order valence-corrected chi connectivity index (χ2v) is 6.38. The standard InChI is InChI=1S/C22H34O5/c1-19(10-7-8-13-21(25-3)14-9-15-23)22(27-18-24-2)17-26-16-20-11-5-4-6-12-20/h4-8,10-13,19,21-23H,9,14-18H2,1-3H3/b10-7+,13-8+/t19-,21+,22+/m0/s1. The second kappa shape index (κ2) is 15.5. The normalized spacial score (nSPS) is 15.4. The molecule has 1 aromatic carbocycles. The molecule has 3 atom stereocenters. The van der Waals surface area contributed by atoms with Gasteiger partial charge in [-0.15, -0.1) is 0 Å². The molecule has 5 nitrogen and oxygen atoms in total. The molecule has 0 saturated carbocycles. The van der Waals surface area contributed by atoms with Crippen molar-refractivity contribution in [3.8, 4) is 0 Å². The van der Waals surface area contributed by atoms with E-state index in [2.05, 4.69) is 13.0 Å². The first-order valence-corrected chi connectivity index (χ1v) is 9.42. The maximum atomic E-state index is 8.90. The summed E-state index contributed by atoms with van der Waals surface area (Å²) >= 11 is 0. The molecule has 0 aromatic heterocycles. The van der Waals surface area contributed by atoms with Crippen LogP contribution in [-0.2, 0) is 25.6 Å². The van der Waals surface area contributed by atoms with Crippen LogP contribution < -0.4 is 0 Å². The van der Waals surface area contributed by atoms with Crippen molar-refractivity contribution < 1.29 is 24.1 Å². The van der Waals surface area contributed by atoms with Gasteiger partial charge in [0.15, 0.2) is 0 Å². The molecule has 0 aliphatic carbocycles. The molecule has 1 aromatic rings. The van der Waals surface area contributed by atoms with E-state index >= 15 is 0 Å². The van der Waals surface area contributed by atoms with E-state index in [0.29, 0.717) is 13.2 Å². The highest BCUT2D eigenvalue weighted by Crippen LogP contribution is 2.12. The molecule has 27 heavy (non-hydrogen) atoms. The molecule has 0 spiro atoms. The third-order valence-electron chi connectivity index (χ3n) is 4.18. The van der Waals surface area contributed by atoms with Crippen molar-refractivity contribution in [3.05, 3.63) is 60.2 Å².